The van der Waals surface area contributed by atoms with Crippen molar-refractivity contribution in [3.63, 3.8) is 0 Å². The second-order valence-electron chi connectivity index (χ2n) is 15.3. The number of anilines is 2. The quantitative estimate of drug-likeness (QED) is 0.135. The molecule has 0 spiro atoms. The molecule has 6 rings (SSSR count). The Morgan fingerprint density at radius 1 is 0.770 bits per heavy atom. The smallest absolute Gasteiger partial charge is 0.303 e. The van der Waals surface area contributed by atoms with Crippen molar-refractivity contribution >= 4 is 52.7 Å². The maximum atomic E-state index is 12.4. The molecule has 61 heavy (non-hydrogen) atoms. The molecule has 17 nitrogen and oxygen atoms in total. The summed E-state index contributed by atoms with van der Waals surface area (Å²) in [5, 5.41) is 12.9. The van der Waals surface area contributed by atoms with E-state index in [0.717, 1.165) is 55.7 Å². The Labute approximate surface area is 359 Å². The molecule has 4 heterocycles. The summed E-state index contributed by atoms with van der Waals surface area (Å²) < 4.78 is 41.7. The van der Waals surface area contributed by atoms with Crippen LogP contribution in [0.15, 0.2) is 67.0 Å². The molecule has 0 bridgehead atoms. The van der Waals surface area contributed by atoms with Gasteiger partial charge in [-0.3, -0.25) is 24.1 Å². The van der Waals surface area contributed by atoms with Crippen LogP contribution in [0.4, 0.5) is 11.6 Å². The van der Waals surface area contributed by atoms with Gasteiger partial charge in [-0.1, -0.05) is 55.5 Å². The van der Waals surface area contributed by atoms with Gasteiger partial charge in [-0.25, -0.2) is 9.97 Å². The number of benzene rings is 2. The van der Waals surface area contributed by atoms with Gasteiger partial charge in [0.05, 0.1) is 23.8 Å². The van der Waals surface area contributed by atoms with Crippen molar-refractivity contribution in [2.45, 2.75) is 96.7 Å². The highest BCUT2D eigenvalue weighted by Crippen LogP contribution is 2.42. The first kappa shape index (κ1) is 45.4. The van der Waals surface area contributed by atoms with Crippen LogP contribution in [0.5, 0.6) is 0 Å². The zero-order chi connectivity index (χ0) is 43.6. The number of hydrogen-bond acceptors (Lipinski definition) is 17. The van der Waals surface area contributed by atoms with E-state index >= 15 is 0 Å². The van der Waals surface area contributed by atoms with Crippen molar-refractivity contribution in [3.05, 3.63) is 83.7 Å². The third-order valence-corrected chi connectivity index (χ3v) is 11.0. The Morgan fingerprint density at radius 3 is 2.03 bits per heavy atom. The van der Waals surface area contributed by atoms with E-state index in [4.69, 9.17) is 45.4 Å². The molecule has 3 aromatic rings. The molecule has 9 atom stereocenters. The molecule has 3 fully saturated rings. The molecule has 2 aromatic carbocycles. The normalized spacial score (nSPS) is 26.7. The lowest BCUT2D eigenvalue weighted by molar-refractivity contribution is -0.276. The number of carbonyl (C=O) groups is 4. The second-order valence-corrected chi connectivity index (χ2v) is 15.8. The van der Waals surface area contributed by atoms with Gasteiger partial charge < -0.3 is 48.5 Å². The first-order chi connectivity index (χ1) is 29.3. The van der Waals surface area contributed by atoms with Gasteiger partial charge in [0.25, 0.3) is 0 Å². The van der Waals surface area contributed by atoms with E-state index in [0.29, 0.717) is 12.2 Å². The van der Waals surface area contributed by atoms with Gasteiger partial charge in [-0.15, -0.1) is 0 Å². The molecule has 328 valence electrons. The minimum absolute atomic E-state index is 0.0258. The molecule has 0 saturated carbocycles. The first-order valence-electron chi connectivity index (χ1n) is 20.2. The van der Waals surface area contributed by atoms with Gasteiger partial charge in [-0.05, 0) is 29.3 Å². The number of aromatic nitrogens is 2. The summed E-state index contributed by atoms with van der Waals surface area (Å²) in [7, 11) is 0. The van der Waals surface area contributed by atoms with Crippen molar-refractivity contribution in [2.24, 2.45) is 5.92 Å². The molecule has 18 heteroatoms. The van der Waals surface area contributed by atoms with Gasteiger partial charge in [0, 0.05) is 96.4 Å². The van der Waals surface area contributed by atoms with Gasteiger partial charge in [0.15, 0.2) is 24.6 Å². The fourth-order valence-electron chi connectivity index (χ4n) is 7.81. The molecule has 3 saturated heterocycles. The predicted octanol–water partition coefficient (Wildman–Crippen LogP) is 3.84. The molecule has 2 N–H and O–H groups in total. The summed E-state index contributed by atoms with van der Waals surface area (Å²) in [6.07, 6.45) is -3.75. The average molecular weight is 864 g/mol. The van der Waals surface area contributed by atoms with Gasteiger partial charge in [0.2, 0.25) is 5.95 Å². The van der Waals surface area contributed by atoms with Crippen LogP contribution in [0.2, 0.25) is 0 Å². The highest BCUT2D eigenvalue weighted by Gasteiger charge is 2.52. The first-order valence-corrected chi connectivity index (χ1v) is 20.6. The maximum Gasteiger partial charge on any atom is 0.303 e. The lowest BCUT2D eigenvalue weighted by Gasteiger charge is -2.44. The lowest BCUT2D eigenvalue weighted by atomic mass is 9.90. The van der Waals surface area contributed by atoms with Crippen LogP contribution in [0.3, 0.4) is 0 Å². The molecule has 9 unspecified atom stereocenters. The van der Waals surface area contributed by atoms with Crippen molar-refractivity contribution in [1.82, 2.24) is 14.9 Å². The van der Waals surface area contributed by atoms with Crippen LogP contribution in [0.1, 0.15) is 70.1 Å². The van der Waals surface area contributed by atoms with Crippen LogP contribution in [-0.4, -0.2) is 125 Å². The number of aliphatic hydroxyl groups excluding tert-OH is 1. The molecular formula is C43H53N5O12S. The number of thiocarbonyl (C=S) groups is 1. The monoisotopic (exact) mass is 863 g/mol. The predicted molar refractivity (Wildman–Crippen MR) is 223 cm³/mol. The Balaban J connectivity index is 1.19. The van der Waals surface area contributed by atoms with E-state index < -0.39 is 60.7 Å². The van der Waals surface area contributed by atoms with E-state index in [1.165, 1.54) is 20.8 Å². The zero-order valence-corrected chi connectivity index (χ0v) is 35.7. The van der Waals surface area contributed by atoms with Crippen LogP contribution in [-0.2, 0) is 58.9 Å². The van der Waals surface area contributed by atoms with Crippen molar-refractivity contribution in [3.8, 4) is 0 Å². The largest absolute Gasteiger partial charge is 0.463 e. The van der Waals surface area contributed by atoms with Crippen LogP contribution >= 0.6 is 12.2 Å². The third-order valence-electron chi connectivity index (χ3n) is 10.7. The third kappa shape index (κ3) is 12.3. The zero-order valence-electron chi connectivity index (χ0n) is 34.8. The molecule has 3 aliphatic heterocycles. The number of nitrogens with one attached hydrogen (secondary N) is 1. The molecular weight excluding hydrogens is 811 g/mol. The lowest BCUT2D eigenvalue weighted by Crippen LogP contribution is -2.62. The molecule has 0 radical (unpaired) electrons. The standard InChI is InChI=1S/C43H53N5O12S/c1-25-35(22-47-16-18-48(19-17-47)43-44-14-7-15-45-43)59-42(60-38(25)31-12-10-30(23-49)11-13-31)32-8-6-9-33(20-32)46-37(61)21-34-39(55-27(3)51)41(57-29(5)53)40(56-28(4)52)36(58-34)24-54-26(2)50/h6-15,20,25,34-36,38-42,49H,16-19,21-24H2,1-5H3,(H,46,61). The highest BCUT2D eigenvalue weighted by atomic mass is 32.1. The summed E-state index contributed by atoms with van der Waals surface area (Å²) in [6, 6.07) is 17.0. The Morgan fingerprint density at radius 2 is 1.41 bits per heavy atom. The van der Waals surface area contributed by atoms with Crippen molar-refractivity contribution in [1.29, 1.82) is 0 Å². The van der Waals surface area contributed by atoms with Crippen molar-refractivity contribution < 1.29 is 57.4 Å². The average Bonchev–Trinajstić information content (AvgIpc) is 3.23. The van der Waals surface area contributed by atoms with Crippen LogP contribution in [0.25, 0.3) is 0 Å². The number of aliphatic hydroxyl groups is 1. The van der Waals surface area contributed by atoms with E-state index in [9.17, 15) is 24.3 Å². The minimum Gasteiger partial charge on any atom is -0.463 e. The van der Waals surface area contributed by atoms with Crippen LogP contribution < -0.4 is 10.2 Å². The minimum atomic E-state index is -1.30. The number of ether oxygens (including phenoxy) is 7. The molecule has 1 aromatic heterocycles. The second kappa shape index (κ2) is 21.1. The van der Waals surface area contributed by atoms with E-state index in [1.54, 1.807) is 18.5 Å². The van der Waals surface area contributed by atoms with E-state index in [2.05, 4.69) is 32.0 Å². The topological polar surface area (TPSA) is 197 Å². The summed E-state index contributed by atoms with van der Waals surface area (Å²) in [5.41, 5.74) is 3.11. The Bertz CT molecular complexity index is 1990. The number of rotatable bonds is 14. The maximum absolute atomic E-state index is 12.4. The van der Waals surface area contributed by atoms with Gasteiger partial charge in [0.1, 0.15) is 18.8 Å². The molecule has 0 aliphatic carbocycles. The summed E-state index contributed by atoms with van der Waals surface area (Å²) in [5.74, 6) is -2.06. The van der Waals surface area contributed by atoms with Crippen molar-refractivity contribution in [2.75, 3.05) is 49.5 Å². The van der Waals surface area contributed by atoms with Crippen LogP contribution in [0, 0.1) is 5.92 Å². The van der Waals surface area contributed by atoms with Gasteiger partial charge >= 0.3 is 23.9 Å². The number of nitrogens with zero attached hydrogens (tertiary/aromatic N) is 4. The van der Waals surface area contributed by atoms with Gasteiger partial charge in [-0.2, -0.15) is 0 Å². The number of piperazine rings is 1. The SMILES string of the molecule is CC(=O)OCC1OC(CC(=S)Nc2cccc(C3OC(CN4CCN(c5ncccn5)CC4)C(C)C(c4ccc(CO)cc4)O3)c2)C(OC(C)=O)C(OC(C)=O)C1OC(C)=O. The molecule has 3 aliphatic rings. The number of carbonyl (C=O) groups excluding carboxylic acids is 4. The summed E-state index contributed by atoms with van der Waals surface area (Å²) >= 11 is 5.81. The highest BCUT2D eigenvalue weighted by molar-refractivity contribution is 7.80. The summed E-state index contributed by atoms with van der Waals surface area (Å²) in [6.45, 7) is 10.3. The number of hydrogen-bond donors (Lipinski definition) is 2. The number of esters is 4. The Hall–Kier alpha value is -5.11. The molecule has 0 amide bonds. The van der Waals surface area contributed by atoms with E-state index in [1.807, 2.05) is 48.5 Å². The fraction of sp³-hybridized carbons (Fsp3) is 0.512. The Kier molecular flexibility index (Phi) is 15.7. The summed E-state index contributed by atoms with van der Waals surface area (Å²) in [4.78, 5) is 62.3. The fourth-order valence-corrected chi connectivity index (χ4v) is 8.09. The van der Waals surface area contributed by atoms with E-state index in [-0.39, 0.29) is 42.7 Å².